The monoisotopic (exact) mass is 481 g/mol. The van der Waals surface area contributed by atoms with Gasteiger partial charge in [-0.3, -0.25) is 4.90 Å². The summed E-state index contributed by atoms with van der Waals surface area (Å²) < 4.78 is 19.2. The summed E-state index contributed by atoms with van der Waals surface area (Å²) in [4.78, 5) is 2.25. The number of benzene rings is 2. The Morgan fingerprint density at radius 1 is 0.971 bits per heavy atom. The highest BCUT2D eigenvalue weighted by Crippen LogP contribution is 2.35. The fourth-order valence-electron chi connectivity index (χ4n) is 4.02. The Balaban J connectivity index is 1.96. The molecule has 1 N–H and O–H groups in total. The van der Waals surface area contributed by atoms with Gasteiger partial charge in [-0.15, -0.1) is 0 Å². The van der Waals surface area contributed by atoms with Gasteiger partial charge in [0.15, 0.2) is 0 Å². The second-order valence-corrected chi connectivity index (χ2v) is 9.53. The Morgan fingerprint density at radius 3 is 2.34 bits per heavy atom. The quantitative estimate of drug-likeness (QED) is 0.365. The van der Waals surface area contributed by atoms with E-state index >= 15 is 0 Å². The van der Waals surface area contributed by atoms with Crippen LogP contribution in [0.15, 0.2) is 54.6 Å². The van der Waals surface area contributed by atoms with Crippen LogP contribution in [-0.2, 0) is 18.3 Å². The maximum atomic E-state index is 10.7. The molecule has 7 nitrogen and oxygen atoms in total. The average Bonchev–Trinajstić information content (AvgIpc) is 3.12. The van der Waals surface area contributed by atoms with Crippen molar-refractivity contribution in [2.24, 2.45) is 13.0 Å². The predicted octanol–water partition coefficient (Wildman–Crippen LogP) is 5.13. The van der Waals surface area contributed by atoms with Crippen molar-refractivity contribution >= 4 is 0 Å². The number of hydrogen-bond acceptors (Lipinski definition) is 6. The van der Waals surface area contributed by atoms with E-state index < -0.39 is 6.10 Å². The van der Waals surface area contributed by atoms with Crippen molar-refractivity contribution in [2.45, 2.75) is 46.4 Å². The number of methoxy groups -OCH3 is 1. The molecule has 0 saturated heterocycles. The Kier molecular flexibility index (Phi) is 9.72. The first-order chi connectivity index (χ1) is 16.8. The molecule has 35 heavy (non-hydrogen) atoms. The molecule has 3 aromatic rings. The van der Waals surface area contributed by atoms with E-state index in [4.69, 9.17) is 19.3 Å². The number of aliphatic hydroxyl groups excluding tert-OH is 1. The van der Waals surface area contributed by atoms with Crippen LogP contribution in [0.1, 0.15) is 33.3 Å². The van der Waals surface area contributed by atoms with E-state index in [1.165, 1.54) is 0 Å². The van der Waals surface area contributed by atoms with Crippen LogP contribution in [0.3, 0.4) is 0 Å². The van der Waals surface area contributed by atoms with E-state index in [0.717, 1.165) is 29.1 Å². The number of aryl methyl sites for hydroxylation is 1. The normalized spacial score (nSPS) is 12.5. The number of aromatic nitrogens is 2. The molecule has 0 amide bonds. The van der Waals surface area contributed by atoms with Gasteiger partial charge in [0.05, 0.1) is 31.5 Å². The van der Waals surface area contributed by atoms with Gasteiger partial charge in [0.2, 0.25) is 5.88 Å². The third-order valence-electron chi connectivity index (χ3n) is 5.49. The van der Waals surface area contributed by atoms with Crippen molar-refractivity contribution in [3.63, 3.8) is 0 Å². The number of nitrogens with zero attached hydrogens (tertiary/aromatic N) is 3. The lowest BCUT2D eigenvalue weighted by Crippen LogP contribution is -2.37. The van der Waals surface area contributed by atoms with Gasteiger partial charge in [-0.05, 0) is 31.9 Å². The molecule has 0 saturated carbocycles. The standard InChI is InChI=1S/C28H39N3O4/c1-20(2)16-31(17-23(32)19-34-21(3)4)18-26-27(22-11-8-7-9-12-22)29-30(5)28(26)35-25-14-10-13-24(15-25)33-6/h7-15,20-21,23,32H,16-19H2,1-6H3/t23-/m1/s1. The molecular formula is C28H39N3O4. The fraction of sp³-hybridized carbons (Fsp3) is 0.464. The molecular weight excluding hydrogens is 442 g/mol. The molecule has 1 heterocycles. The fourth-order valence-corrected chi connectivity index (χ4v) is 4.02. The van der Waals surface area contributed by atoms with Crippen molar-refractivity contribution < 1.29 is 19.3 Å². The third-order valence-corrected chi connectivity index (χ3v) is 5.49. The molecule has 0 spiro atoms. The Hall–Kier alpha value is -2.87. The van der Waals surface area contributed by atoms with E-state index in [1.807, 2.05) is 63.4 Å². The first kappa shape index (κ1) is 26.7. The molecule has 2 aromatic carbocycles. The van der Waals surface area contributed by atoms with Crippen LogP contribution in [0.5, 0.6) is 17.4 Å². The molecule has 3 rings (SSSR count). The van der Waals surface area contributed by atoms with E-state index in [0.29, 0.717) is 37.2 Å². The molecule has 190 valence electrons. The lowest BCUT2D eigenvalue weighted by atomic mass is 10.1. The summed E-state index contributed by atoms with van der Waals surface area (Å²) in [6, 6.07) is 17.7. The van der Waals surface area contributed by atoms with Crippen LogP contribution in [0, 0.1) is 5.92 Å². The number of rotatable bonds is 13. The van der Waals surface area contributed by atoms with Gasteiger partial charge >= 0.3 is 0 Å². The van der Waals surface area contributed by atoms with Crippen LogP contribution in [0.25, 0.3) is 11.3 Å². The number of hydrogen-bond donors (Lipinski definition) is 1. The zero-order valence-corrected chi connectivity index (χ0v) is 21.8. The summed E-state index contributed by atoms with van der Waals surface area (Å²) in [6.07, 6.45) is -0.509. The van der Waals surface area contributed by atoms with Gasteiger partial charge in [0, 0.05) is 38.3 Å². The minimum absolute atomic E-state index is 0.0778. The van der Waals surface area contributed by atoms with Crippen LogP contribution >= 0.6 is 0 Å². The minimum Gasteiger partial charge on any atom is -0.497 e. The van der Waals surface area contributed by atoms with Gasteiger partial charge < -0.3 is 19.3 Å². The van der Waals surface area contributed by atoms with Crippen LogP contribution < -0.4 is 9.47 Å². The first-order valence-electron chi connectivity index (χ1n) is 12.2. The van der Waals surface area contributed by atoms with Gasteiger partial charge in [0.25, 0.3) is 0 Å². The highest BCUT2D eigenvalue weighted by Gasteiger charge is 2.24. The molecule has 0 aliphatic rings. The maximum Gasteiger partial charge on any atom is 0.222 e. The number of aliphatic hydroxyl groups is 1. The summed E-state index contributed by atoms with van der Waals surface area (Å²) in [5.74, 6) is 2.49. The summed E-state index contributed by atoms with van der Waals surface area (Å²) in [5, 5.41) is 15.5. The van der Waals surface area contributed by atoms with Gasteiger partial charge in [-0.2, -0.15) is 5.10 Å². The van der Waals surface area contributed by atoms with Crippen molar-refractivity contribution in [1.82, 2.24) is 14.7 Å². The maximum absolute atomic E-state index is 10.7. The zero-order chi connectivity index (χ0) is 25.4. The molecule has 1 atom stereocenters. The minimum atomic E-state index is -0.587. The third kappa shape index (κ3) is 7.82. The molecule has 0 bridgehead atoms. The molecule has 0 aliphatic heterocycles. The Labute approximate surface area is 209 Å². The Morgan fingerprint density at radius 2 is 1.69 bits per heavy atom. The number of ether oxygens (including phenoxy) is 3. The van der Waals surface area contributed by atoms with Crippen LogP contribution in [0.2, 0.25) is 0 Å². The summed E-state index contributed by atoms with van der Waals surface area (Å²) in [6.45, 7) is 10.5. The smallest absolute Gasteiger partial charge is 0.222 e. The molecule has 0 radical (unpaired) electrons. The molecule has 0 fully saturated rings. The summed E-state index contributed by atoms with van der Waals surface area (Å²) in [7, 11) is 3.53. The van der Waals surface area contributed by atoms with Crippen LogP contribution in [-0.4, -0.2) is 58.8 Å². The van der Waals surface area contributed by atoms with Crippen molar-refractivity contribution in [1.29, 1.82) is 0 Å². The summed E-state index contributed by atoms with van der Waals surface area (Å²) in [5.41, 5.74) is 2.86. The summed E-state index contributed by atoms with van der Waals surface area (Å²) >= 11 is 0. The van der Waals surface area contributed by atoms with E-state index in [1.54, 1.807) is 11.8 Å². The van der Waals surface area contributed by atoms with Crippen molar-refractivity contribution in [3.05, 3.63) is 60.2 Å². The predicted molar refractivity (Wildman–Crippen MR) is 139 cm³/mol. The average molecular weight is 482 g/mol. The lowest BCUT2D eigenvalue weighted by molar-refractivity contribution is -0.0109. The second-order valence-electron chi connectivity index (χ2n) is 9.53. The molecule has 7 heteroatoms. The largest absolute Gasteiger partial charge is 0.497 e. The van der Waals surface area contributed by atoms with E-state index in [9.17, 15) is 5.11 Å². The molecule has 1 aromatic heterocycles. The highest BCUT2D eigenvalue weighted by molar-refractivity contribution is 5.65. The Bertz CT molecular complexity index is 1050. The molecule has 0 unspecified atom stereocenters. The van der Waals surface area contributed by atoms with E-state index in [-0.39, 0.29) is 6.10 Å². The molecule has 0 aliphatic carbocycles. The first-order valence-corrected chi connectivity index (χ1v) is 12.2. The lowest BCUT2D eigenvalue weighted by Gasteiger charge is -2.27. The van der Waals surface area contributed by atoms with Gasteiger partial charge in [-0.1, -0.05) is 50.2 Å². The van der Waals surface area contributed by atoms with Crippen LogP contribution in [0.4, 0.5) is 0 Å². The topological polar surface area (TPSA) is 69.0 Å². The highest BCUT2D eigenvalue weighted by atomic mass is 16.5. The SMILES string of the molecule is COc1cccc(Oc2c(CN(CC(C)C)C[C@@H](O)COC(C)C)c(-c3ccccc3)nn2C)c1. The van der Waals surface area contributed by atoms with Crippen molar-refractivity contribution in [3.8, 4) is 28.6 Å². The second kappa shape index (κ2) is 12.7. The van der Waals surface area contributed by atoms with Gasteiger partial charge in [0.1, 0.15) is 17.2 Å². The van der Waals surface area contributed by atoms with Gasteiger partial charge in [-0.25, -0.2) is 4.68 Å². The van der Waals surface area contributed by atoms with Crippen molar-refractivity contribution in [2.75, 3.05) is 26.8 Å². The van der Waals surface area contributed by atoms with E-state index in [2.05, 4.69) is 30.9 Å². The zero-order valence-electron chi connectivity index (χ0n) is 21.8.